The van der Waals surface area contributed by atoms with Crippen LogP contribution in [0.15, 0.2) is 42.6 Å². The fourth-order valence-electron chi connectivity index (χ4n) is 7.96. The number of aromatic nitrogens is 1. The molecule has 13 heteroatoms. The second-order valence-electron chi connectivity index (χ2n) is 13.7. The van der Waals surface area contributed by atoms with Gasteiger partial charge in [-0.25, -0.2) is 0 Å². The number of benzene rings is 2. The molecule has 3 atom stereocenters. The maximum absolute atomic E-state index is 15.0. The number of methoxy groups -OCH3 is 2. The maximum Gasteiger partial charge on any atom is 0.308 e. The van der Waals surface area contributed by atoms with E-state index in [0.29, 0.717) is 80.3 Å². The molecule has 1 saturated carbocycles. The van der Waals surface area contributed by atoms with Gasteiger partial charge < -0.3 is 28.8 Å². The van der Waals surface area contributed by atoms with E-state index in [1.54, 1.807) is 32.5 Å². The summed E-state index contributed by atoms with van der Waals surface area (Å²) >= 11 is 13.7. The van der Waals surface area contributed by atoms with Gasteiger partial charge in [0.1, 0.15) is 0 Å². The van der Waals surface area contributed by atoms with Crippen molar-refractivity contribution in [2.24, 2.45) is 13.0 Å². The third-order valence-electron chi connectivity index (χ3n) is 10.6. The van der Waals surface area contributed by atoms with Crippen LogP contribution in [-0.4, -0.2) is 103 Å². The molecule has 0 radical (unpaired) electrons. The van der Waals surface area contributed by atoms with Gasteiger partial charge in [0.05, 0.1) is 47.1 Å². The number of halogens is 2. The van der Waals surface area contributed by atoms with Gasteiger partial charge in [-0.1, -0.05) is 41.4 Å². The topological polar surface area (TPSA) is 112 Å². The first-order valence-electron chi connectivity index (χ1n) is 17.9. The predicted octanol–water partition coefficient (Wildman–Crippen LogP) is 6.08. The lowest BCUT2D eigenvalue weighted by Crippen LogP contribution is -2.67. The number of anilines is 1. The van der Waals surface area contributed by atoms with Gasteiger partial charge in [-0.3, -0.25) is 24.2 Å². The zero-order chi connectivity index (χ0) is 36.3. The lowest BCUT2D eigenvalue weighted by Gasteiger charge is -2.48. The summed E-state index contributed by atoms with van der Waals surface area (Å²) in [5, 5.41) is 4.30. The lowest BCUT2D eigenvalue weighted by atomic mass is 9.87. The highest BCUT2D eigenvalue weighted by molar-refractivity contribution is 6.36. The highest BCUT2D eigenvalue weighted by Crippen LogP contribution is 2.39. The van der Waals surface area contributed by atoms with Crippen LogP contribution in [0.1, 0.15) is 61.4 Å². The van der Waals surface area contributed by atoms with E-state index < -0.39 is 5.85 Å². The Morgan fingerprint density at radius 1 is 0.922 bits per heavy atom. The first-order valence-corrected chi connectivity index (χ1v) is 18.6. The Hall–Kier alpha value is -3.03. The molecule has 3 aromatic rings. The van der Waals surface area contributed by atoms with E-state index >= 15 is 4.79 Å². The van der Waals surface area contributed by atoms with E-state index in [1.165, 1.54) is 0 Å². The number of likely N-dealkylation sites (tertiary alicyclic amines) is 2. The highest BCUT2D eigenvalue weighted by atomic mass is 35.5. The molecule has 0 spiro atoms. The minimum Gasteiger partial charge on any atom is -0.466 e. The van der Waals surface area contributed by atoms with Crippen LogP contribution in [0.5, 0.6) is 0 Å². The largest absolute Gasteiger partial charge is 0.466 e. The molecule has 51 heavy (non-hydrogen) atoms. The third kappa shape index (κ3) is 7.71. The standard InChI is InChI=1S/C38H48Cl2N4O7/c1-5-50-37(47)24-12-14-26(15-13-24)51-38(43-16-8-9-17-43,44-22-33(48-3)34(23-44)49-4)35(45)19-25-18-30(40)31(20-29(25)39)41-36(46)28-21-42(2)32-11-7-6-10-27(28)32/h6-7,10-11,18,20-21,24,26,33-34H,5,8-9,12-17,19,22-23H2,1-4H3,(H,41,46)/t24-,26-,33-,34+,38?. The van der Waals surface area contributed by atoms with Crippen molar-refractivity contribution in [3.8, 4) is 0 Å². The van der Waals surface area contributed by atoms with Crippen molar-refractivity contribution in [1.82, 2.24) is 14.4 Å². The average Bonchev–Trinajstić information content (AvgIpc) is 3.89. The number of hydrogen-bond acceptors (Lipinski definition) is 9. The fraction of sp³-hybridized carbons (Fsp3) is 0.553. The summed E-state index contributed by atoms with van der Waals surface area (Å²) in [6, 6.07) is 10.9. The first kappa shape index (κ1) is 37.7. The number of esters is 1. The molecule has 3 fully saturated rings. The molecule has 1 aliphatic carbocycles. The molecule has 1 unspecified atom stereocenters. The number of hydrogen-bond donors (Lipinski definition) is 1. The van der Waals surface area contributed by atoms with Crippen molar-refractivity contribution in [1.29, 1.82) is 0 Å². The van der Waals surface area contributed by atoms with Gasteiger partial charge in [-0.15, -0.1) is 0 Å². The summed E-state index contributed by atoms with van der Waals surface area (Å²) in [4.78, 5) is 45.2. The lowest BCUT2D eigenvalue weighted by molar-refractivity contribution is -0.254. The van der Waals surface area contributed by atoms with Crippen LogP contribution < -0.4 is 5.32 Å². The van der Waals surface area contributed by atoms with Gasteiger partial charge in [0.2, 0.25) is 5.85 Å². The molecule has 3 aliphatic rings. The number of fused-ring (bicyclic) bond motifs is 1. The minimum absolute atomic E-state index is 0.0590. The molecule has 11 nitrogen and oxygen atoms in total. The molecule has 276 valence electrons. The Kier molecular flexibility index (Phi) is 12.1. The molecule has 2 saturated heterocycles. The van der Waals surface area contributed by atoms with E-state index in [4.69, 9.17) is 42.1 Å². The second-order valence-corrected chi connectivity index (χ2v) is 14.6. The Labute approximate surface area is 309 Å². The molecule has 1 aromatic heterocycles. The number of aryl methyl sites for hydroxylation is 1. The van der Waals surface area contributed by atoms with Crippen LogP contribution in [-0.2, 0) is 42.0 Å². The summed E-state index contributed by atoms with van der Waals surface area (Å²) in [5.41, 5.74) is 2.32. The van der Waals surface area contributed by atoms with E-state index in [1.807, 2.05) is 42.8 Å². The number of amides is 1. The van der Waals surface area contributed by atoms with Crippen molar-refractivity contribution in [3.63, 3.8) is 0 Å². The Morgan fingerprint density at radius 3 is 2.24 bits per heavy atom. The van der Waals surface area contributed by atoms with Gasteiger partial charge in [0, 0.05) is 76.0 Å². The molecule has 2 aliphatic heterocycles. The van der Waals surface area contributed by atoms with Gasteiger partial charge in [-0.05, 0) is 69.2 Å². The van der Waals surface area contributed by atoms with Crippen molar-refractivity contribution in [2.45, 2.75) is 76.0 Å². The van der Waals surface area contributed by atoms with Crippen LogP contribution in [0.4, 0.5) is 5.69 Å². The summed E-state index contributed by atoms with van der Waals surface area (Å²) in [5.74, 6) is -2.26. The number of nitrogens with zero attached hydrogens (tertiary/aromatic N) is 3. The van der Waals surface area contributed by atoms with Gasteiger partial charge in [0.25, 0.3) is 5.91 Å². The smallest absolute Gasteiger partial charge is 0.308 e. The molecule has 2 aromatic carbocycles. The van der Waals surface area contributed by atoms with E-state index in [2.05, 4.69) is 15.1 Å². The second kappa shape index (κ2) is 16.3. The van der Waals surface area contributed by atoms with E-state index in [-0.39, 0.29) is 53.3 Å². The normalized spacial score (nSPS) is 24.1. The zero-order valence-corrected chi connectivity index (χ0v) is 31.3. The molecule has 6 rings (SSSR count). The third-order valence-corrected chi connectivity index (χ3v) is 11.3. The first-order chi connectivity index (χ1) is 24.6. The number of ketones is 1. The fourth-order valence-corrected chi connectivity index (χ4v) is 8.42. The van der Waals surface area contributed by atoms with Crippen molar-refractivity contribution < 1.29 is 33.3 Å². The Balaban J connectivity index is 1.28. The number of rotatable bonds is 13. The van der Waals surface area contributed by atoms with Gasteiger partial charge in [0.15, 0.2) is 5.78 Å². The number of para-hydroxylation sites is 1. The number of Topliss-reactive ketones (excluding diaryl/α,β-unsaturated/α-hetero) is 1. The average molecular weight is 744 g/mol. The number of nitrogens with one attached hydrogen (secondary N) is 1. The van der Waals surface area contributed by atoms with Crippen LogP contribution in [0.2, 0.25) is 10.0 Å². The Morgan fingerprint density at radius 2 is 1.59 bits per heavy atom. The van der Waals surface area contributed by atoms with E-state index in [9.17, 15) is 9.59 Å². The molecule has 1 N–H and O–H groups in total. The molecule has 0 bridgehead atoms. The van der Waals surface area contributed by atoms with Crippen molar-refractivity contribution in [3.05, 3.63) is 63.8 Å². The summed E-state index contributed by atoms with van der Waals surface area (Å²) in [6.07, 6.45) is 5.33. The monoisotopic (exact) mass is 742 g/mol. The number of carbonyl (C=O) groups excluding carboxylic acids is 3. The van der Waals surface area contributed by atoms with Crippen LogP contribution in [0.25, 0.3) is 10.9 Å². The molecule has 1 amide bonds. The zero-order valence-electron chi connectivity index (χ0n) is 29.8. The highest BCUT2D eigenvalue weighted by Gasteiger charge is 2.56. The van der Waals surface area contributed by atoms with Crippen molar-refractivity contribution >= 4 is 57.5 Å². The quantitative estimate of drug-likeness (QED) is 0.208. The summed E-state index contributed by atoms with van der Waals surface area (Å²) in [7, 11) is 5.20. The maximum atomic E-state index is 15.0. The van der Waals surface area contributed by atoms with Crippen LogP contribution in [0.3, 0.4) is 0 Å². The predicted molar refractivity (Wildman–Crippen MR) is 196 cm³/mol. The molecular weight excluding hydrogens is 695 g/mol. The van der Waals surface area contributed by atoms with Crippen LogP contribution >= 0.6 is 23.2 Å². The minimum atomic E-state index is -1.42. The number of carbonyl (C=O) groups is 3. The van der Waals surface area contributed by atoms with E-state index in [0.717, 1.165) is 23.7 Å². The SMILES string of the molecule is CCOC(=O)[C@H]1CC[C@H](OC(C(=O)Cc2cc(Cl)c(NC(=O)c3cn(C)c4ccccc34)cc2Cl)(N2CCCC2)N2C[C@H](OC)[C@H](OC)C2)CC1. The number of ether oxygens (including phenoxy) is 4. The molecular formula is C38H48Cl2N4O7. The summed E-state index contributed by atoms with van der Waals surface area (Å²) in [6.45, 7) is 4.40. The van der Waals surface area contributed by atoms with Gasteiger partial charge >= 0.3 is 5.97 Å². The molecule has 3 heterocycles. The van der Waals surface area contributed by atoms with Crippen molar-refractivity contribution in [2.75, 3.05) is 52.3 Å². The van der Waals surface area contributed by atoms with Gasteiger partial charge in [-0.2, -0.15) is 0 Å². The van der Waals surface area contributed by atoms with Crippen LogP contribution in [0, 0.1) is 5.92 Å². The Bertz CT molecular complexity index is 1720. The summed E-state index contributed by atoms with van der Waals surface area (Å²) < 4.78 is 25.9.